The number of carbonyl (C=O) groups is 1. The van der Waals surface area contributed by atoms with Gasteiger partial charge in [0.1, 0.15) is 5.75 Å². The van der Waals surface area contributed by atoms with E-state index >= 15 is 0 Å². The first-order chi connectivity index (χ1) is 11.5. The molecule has 1 fully saturated rings. The molecule has 24 heavy (non-hydrogen) atoms. The lowest BCUT2D eigenvalue weighted by molar-refractivity contribution is 0.0784. The molecule has 3 rings (SSSR count). The van der Waals surface area contributed by atoms with Crippen LogP contribution in [-0.4, -0.2) is 51.0 Å². The van der Waals surface area contributed by atoms with Gasteiger partial charge >= 0.3 is 0 Å². The van der Waals surface area contributed by atoms with Gasteiger partial charge in [0, 0.05) is 19.1 Å². The van der Waals surface area contributed by atoms with Crippen molar-refractivity contribution in [2.45, 2.75) is 39.3 Å². The number of nitrogens with zero attached hydrogens (tertiary/aromatic N) is 4. The Bertz CT molecular complexity index is 723. The highest BCUT2D eigenvalue weighted by Crippen LogP contribution is 2.19. The molecular formula is C17H23N5O2. The van der Waals surface area contributed by atoms with Crippen molar-refractivity contribution in [2.75, 3.05) is 13.1 Å². The summed E-state index contributed by atoms with van der Waals surface area (Å²) in [6.07, 6.45) is 0.955. The van der Waals surface area contributed by atoms with Gasteiger partial charge in [-0.1, -0.05) is 5.21 Å². The van der Waals surface area contributed by atoms with Gasteiger partial charge in [0.2, 0.25) is 0 Å². The van der Waals surface area contributed by atoms with Gasteiger partial charge in [0.15, 0.2) is 5.69 Å². The van der Waals surface area contributed by atoms with E-state index in [1.165, 1.54) is 0 Å². The molecule has 1 saturated heterocycles. The van der Waals surface area contributed by atoms with Crippen molar-refractivity contribution in [3.05, 3.63) is 35.7 Å². The molecule has 0 bridgehead atoms. The normalized spacial score (nSPS) is 17.5. The summed E-state index contributed by atoms with van der Waals surface area (Å²) in [4.78, 5) is 14.3. The monoisotopic (exact) mass is 329 g/mol. The highest BCUT2D eigenvalue weighted by atomic mass is 16.5. The van der Waals surface area contributed by atoms with Crippen LogP contribution in [0.25, 0.3) is 5.69 Å². The standard InChI is InChI=1S/C17H23N5O2/c1-11(2)24-15-6-4-14(5-7-15)22-12(3)16(19-20-22)17(23)21-9-8-13(18)10-21/h4-7,11,13H,8-10,18H2,1-3H3/t13-/m1/s1. The lowest BCUT2D eigenvalue weighted by Gasteiger charge is -2.14. The number of hydrogen-bond donors (Lipinski definition) is 1. The van der Waals surface area contributed by atoms with Crippen molar-refractivity contribution in [2.24, 2.45) is 5.73 Å². The van der Waals surface area contributed by atoms with Crippen LogP contribution in [-0.2, 0) is 0 Å². The fourth-order valence-corrected chi connectivity index (χ4v) is 2.83. The molecule has 1 amide bonds. The Morgan fingerprint density at radius 1 is 1.33 bits per heavy atom. The van der Waals surface area contributed by atoms with Crippen LogP contribution in [0.15, 0.2) is 24.3 Å². The van der Waals surface area contributed by atoms with Gasteiger partial charge in [-0.25, -0.2) is 4.68 Å². The van der Waals surface area contributed by atoms with E-state index in [4.69, 9.17) is 10.5 Å². The summed E-state index contributed by atoms with van der Waals surface area (Å²) in [5.41, 5.74) is 7.82. The predicted molar refractivity (Wildman–Crippen MR) is 90.4 cm³/mol. The molecule has 0 unspecified atom stereocenters. The molecule has 2 aromatic rings. The third-order valence-electron chi connectivity index (χ3n) is 4.06. The van der Waals surface area contributed by atoms with E-state index in [0.717, 1.165) is 23.6 Å². The van der Waals surface area contributed by atoms with Crippen molar-refractivity contribution in [1.29, 1.82) is 0 Å². The number of amides is 1. The minimum absolute atomic E-state index is 0.0535. The van der Waals surface area contributed by atoms with Gasteiger partial charge in [-0.2, -0.15) is 0 Å². The van der Waals surface area contributed by atoms with Crippen LogP contribution in [0.2, 0.25) is 0 Å². The number of nitrogens with two attached hydrogens (primary N) is 1. The predicted octanol–water partition coefficient (Wildman–Crippen LogP) is 1.54. The van der Waals surface area contributed by atoms with Crippen LogP contribution in [0.5, 0.6) is 5.75 Å². The Morgan fingerprint density at radius 2 is 2.04 bits per heavy atom. The molecule has 7 nitrogen and oxygen atoms in total. The first-order valence-corrected chi connectivity index (χ1v) is 8.20. The van der Waals surface area contributed by atoms with Gasteiger partial charge in [0.05, 0.1) is 17.5 Å². The van der Waals surface area contributed by atoms with Gasteiger partial charge < -0.3 is 15.4 Å². The molecule has 0 saturated carbocycles. The van der Waals surface area contributed by atoms with Crippen molar-refractivity contribution in [1.82, 2.24) is 19.9 Å². The summed E-state index contributed by atoms with van der Waals surface area (Å²) in [5.74, 6) is 0.695. The Labute approximate surface area is 141 Å². The van der Waals surface area contributed by atoms with Crippen molar-refractivity contribution in [3.8, 4) is 11.4 Å². The van der Waals surface area contributed by atoms with Crippen LogP contribution >= 0.6 is 0 Å². The summed E-state index contributed by atoms with van der Waals surface area (Å²) < 4.78 is 7.31. The molecule has 0 radical (unpaired) electrons. The molecule has 0 aliphatic carbocycles. The first-order valence-electron chi connectivity index (χ1n) is 8.20. The van der Waals surface area contributed by atoms with Crippen molar-refractivity contribution < 1.29 is 9.53 Å². The Balaban J connectivity index is 1.80. The average molecular weight is 329 g/mol. The highest BCUT2D eigenvalue weighted by Gasteiger charge is 2.28. The highest BCUT2D eigenvalue weighted by molar-refractivity contribution is 5.93. The molecule has 1 aliphatic rings. The fourth-order valence-electron chi connectivity index (χ4n) is 2.83. The van der Waals surface area contributed by atoms with Crippen molar-refractivity contribution >= 4 is 5.91 Å². The smallest absolute Gasteiger partial charge is 0.276 e. The summed E-state index contributed by atoms with van der Waals surface area (Å²) in [5, 5.41) is 8.22. The van der Waals surface area contributed by atoms with E-state index < -0.39 is 0 Å². The first kappa shape index (κ1) is 16.4. The lowest BCUT2D eigenvalue weighted by atomic mass is 10.2. The molecule has 1 aromatic heterocycles. The second kappa shape index (κ2) is 6.60. The van der Waals surface area contributed by atoms with E-state index in [1.807, 2.05) is 45.0 Å². The number of hydrogen-bond acceptors (Lipinski definition) is 5. The van der Waals surface area contributed by atoms with Crippen molar-refractivity contribution in [3.63, 3.8) is 0 Å². The molecule has 2 N–H and O–H groups in total. The Hall–Kier alpha value is -2.41. The van der Waals surface area contributed by atoms with E-state index in [-0.39, 0.29) is 18.1 Å². The van der Waals surface area contributed by atoms with Crippen LogP contribution < -0.4 is 10.5 Å². The Morgan fingerprint density at radius 3 is 2.62 bits per heavy atom. The summed E-state index contributed by atoms with van der Waals surface area (Å²) in [6.45, 7) is 7.07. The Kier molecular flexibility index (Phi) is 4.53. The lowest BCUT2D eigenvalue weighted by Crippen LogP contribution is -2.32. The van der Waals surface area contributed by atoms with E-state index in [1.54, 1.807) is 9.58 Å². The van der Waals surface area contributed by atoms with Gasteiger partial charge in [0.25, 0.3) is 5.91 Å². The molecular weight excluding hydrogens is 306 g/mol. The molecule has 128 valence electrons. The van der Waals surface area contributed by atoms with E-state index in [2.05, 4.69) is 10.3 Å². The van der Waals surface area contributed by atoms with Gasteiger partial charge in [-0.15, -0.1) is 5.10 Å². The number of carbonyl (C=O) groups excluding carboxylic acids is 1. The SMILES string of the molecule is Cc1c(C(=O)N2CC[C@@H](N)C2)nnn1-c1ccc(OC(C)C)cc1. The number of benzene rings is 1. The van der Waals surface area contributed by atoms with Crippen LogP contribution in [0.1, 0.15) is 36.5 Å². The third kappa shape index (κ3) is 3.26. The van der Waals surface area contributed by atoms with Gasteiger partial charge in [-0.3, -0.25) is 4.79 Å². The zero-order valence-electron chi connectivity index (χ0n) is 14.3. The molecule has 0 spiro atoms. The number of ether oxygens (including phenoxy) is 1. The number of likely N-dealkylation sites (tertiary alicyclic amines) is 1. The fraction of sp³-hybridized carbons (Fsp3) is 0.471. The maximum atomic E-state index is 12.6. The topological polar surface area (TPSA) is 86.3 Å². The van der Waals surface area contributed by atoms with Crippen LogP contribution in [0, 0.1) is 6.92 Å². The minimum Gasteiger partial charge on any atom is -0.491 e. The average Bonchev–Trinajstić information content (AvgIpc) is 3.13. The molecule has 1 atom stereocenters. The summed E-state index contributed by atoms with van der Waals surface area (Å²) in [6, 6.07) is 7.63. The maximum absolute atomic E-state index is 12.6. The van der Waals surface area contributed by atoms with E-state index in [0.29, 0.717) is 18.8 Å². The van der Waals surface area contributed by atoms with E-state index in [9.17, 15) is 4.79 Å². The molecule has 2 heterocycles. The zero-order chi connectivity index (χ0) is 17.3. The summed E-state index contributed by atoms with van der Waals surface area (Å²) in [7, 11) is 0. The number of rotatable bonds is 4. The minimum atomic E-state index is -0.105. The largest absolute Gasteiger partial charge is 0.491 e. The molecule has 7 heteroatoms. The molecule has 1 aromatic carbocycles. The third-order valence-corrected chi connectivity index (χ3v) is 4.06. The molecule has 1 aliphatic heterocycles. The van der Waals surface area contributed by atoms with Crippen LogP contribution in [0.3, 0.4) is 0 Å². The second-order valence-electron chi connectivity index (χ2n) is 6.40. The number of aromatic nitrogens is 3. The quantitative estimate of drug-likeness (QED) is 0.919. The van der Waals surface area contributed by atoms with Crippen LogP contribution in [0.4, 0.5) is 0 Å². The second-order valence-corrected chi connectivity index (χ2v) is 6.40. The zero-order valence-corrected chi connectivity index (χ0v) is 14.3. The summed E-state index contributed by atoms with van der Waals surface area (Å²) >= 11 is 0. The van der Waals surface area contributed by atoms with Gasteiger partial charge in [-0.05, 0) is 51.5 Å². The maximum Gasteiger partial charge on any atom is 0.276 e.